The second-order valence-corrected chi connectivity index (χ2v) is 3.41. The summed E-state index contributed by atoms with van der Waals surface area (Å²) in [7, 11) is 2.00. The van der Waals surface area contributed by atoms with Gasteiger partial charge in [0.05, 0.1) is 6.61 Å². The summed E-state index contributed by atoms with van der Waals surface area (Å²) in [6.07, 6.45) is 1.17. The lowest BCUT2D eigenvalue weighted by Gasteiger charge is -2.26. The molecule has 1 fully saturated rings. The maximum absolute atomic E-state index is 5.39. The van der Waals surface area contributed by atoms with Crippen molar-refractivity contribution < 1.29 is 4.74 Å². The molecule has 0 aliphatic carbocycles. The van der Waals surface area contributed by atoms with Crippen molar-refractivity contribution in [3.63, 3.8) is 0 Å². The van der Waals surface area contributed by atoms with Crippen LogP contribution in [0.25, 0.3) is 0 Å². The van der Waals surface area contributed by atoms with Gasteiger partial charge in [0, 0.05) is 32.3 Å². The second-order valence-electron chi connectivity index (χ2n) is 3.41. The first-order valence-corrected chi connectivity index (χ1v) is 4.81. The Labute approximate surface area is 75.1 Å². The average molecular weight is 172 g/mol. The minimum atomic E-state index is 0.636. The fourth-order valence-corrected chi connectivity index (χ4v) is 1.63. The number of rotatable bonds is 3. The largest absolute Gasteiger partial charge is 0.380 e. The number of hydrogen-bond donors (Lipinski definition) is 1. The van der Waals surface area contributed by atoms with Crippen LogP contribution in [-0.4, -0.2) is 50.8 Å². The highest BCUT2D eigenvalue weighted by Crippen LogP contribution is 2.03. The highest BCUT2D eigenvalue weighted by atomic mass is 16.5. The predicted octanol–water partition coefficient (Wildman–Crippen LogP) is 0.317. The van der Waals surface area contributed by atoms with Gasteiger partial charge < -0.3 is 10.1 Å². The molecule has 1 saturated heterocycles. The summed E-state index contributed by atoms with van der Waals surface area (Å²) >= 11 is 0. The summed E-state index contributed by atoms with van der Waals surface area (Å²) in [6, 6.07) is 0.636. The molecule has 72 valence electrons. The van der Waals surface area contributed by atoms with Gasteiger partial charge in [-0.1, -0.05) is 0 Å². The van der Waals surface area contributed by atoms with E-state index in [4.69, 9.17) is 4.74 Å². The molecule has 0 aromatic rings. The Balaban J connectivity index is 2.27. The zero-order valence-electron chi connectivity index (χ0n) is 8.18. The van der Waals surface area contributed by atoms with Crippen molar-refractivity contribution in [2.24, 2.45) is 0 Å². The molecule has 0 bridgehead atoms. The topological polar surface area (TPSA) is 24.5 Å². The van der Waals surface area contributed by atoms with Crippen LogP contribution in [0.2, 0.25) is 0 Å². The third kappa shape index (κ3) is 3.09. The fourth-order valence-electron chi connectivity index (χ4n) is 1.63. The number of nitrogens with one attached hydrogen (secondary N) is 1. The van der Waals surface area contributed by atoms with E-state index in [0.717, 1.165) is 26.3 Å². The monoisotopic (exact) mass is 172 g/mol. The van der Waals surface area contributed by atoms with Crippen LogP contribution < -0.4 is 5.32 Å². The molecule has 1 unspecified atom stereocenters. The van der Waals surface area contributed by atoms with E-state index in [-0.39, 0.29) is 0 Å². The van der Waals surface area contributed by atoms with E-state index in [2.05, 4.69) is 17.1 Å². The van der Waals surface area contributed by atoms with Crippen LogP contribution in [0.4, 0.5) is 0 Å². The first-order valence-electron chi connectivity index (χ1n) is 4.81. The standard InChI is InChI=1S/C9H20N2O/c1-9(8-10-2)11-4-3-6-12-7-5-11/h9-10H,3-8H2,1-2H3. The molecule has 0 spiro atoms. The van der Waals surface area contributed by atoms with Crippen molar-refractivity contribution in [3.8, 4) is 0 Å². The molecule has 1 atom stereocenters. The first-order chi connectivity index (χ1) is 5.84. The summed E-state index contributed by atoms with van der Waals surface area (Å²) in [4.78, 5) is 2.49. The van der Waals surface area contributed by atoms with Crippen molar-refractivity contribution in [1.82, 2.24) is 10.2 Å². The molecule has 0 aromatic heterocycles. The molecule has 1 heterocycles. The van der Waals surface area contributed by atoms with Gasteiger partial charge in [-0.25, -0.2) is 0 Å². The highest BCUT2D eigenvalue weighted by molar-refractivity contribution is 4.70. The fraction of sp³-hybridized carbons (Fsp3) is 1.00. The summed E-state index contributed by atoms with van der Waals surface area (Å²) in [6.45, 7) is 7.43. The molecular formula is C9H20N2O. The van der Waals surface area contributed by atoms with E-state index < -0.39 is 0 Å². The second kappa shape index (κ2) is 5.51. The van der Waals surface area contributed by atoms with E-state index in [1.54, 1.807) is 0 Å². The molecule has 3 nitrogen and oxygen atoms in total. The molecule has 0 radical (unpaired) electrons. The summed E-state index contributed by atoms with van der Waals surface area (Å²) in [5, 5.41) is 3.20. The van der Waals surface area contributed by atoms with Gasteiger partial charge in [-0.05, 0) is 20.4 Å². The Hall–Kier alpha value is -0.120. The maximum atomic E-state index is 5.39. The van der Waals surface area contributed by atoms with E-state index >= 15 is 0 Å². The minimum absolute atomic E-state index is 0.636. The molecular weight excluding hydrogens is 152 g/mol. The maximum Gasteiger partial charge on any atom is 0.0593 e. The normalized spacial score (nSPS) is 23.5. The number of nitrogens with zero attached hydrogens (tertiary/aromatic N) is 1. The van der Waals surface area contributed by atoms with Crippen LogP contribution in [0.3, 0.4) is 0 Å². The summed E-state index contributed by atoms with van der Waals surface area (Å²) in [5.74, 6) is 0. The Morgan fingerprint density at radius 2 is 2.25 bits per heavy atom. The molecule has 0 amide bonds. The molecule has 0 aromatic carbocycles. The molecule has 1 rings (SSSR count). The van der Waals surface area contributed by atoms with E-state index in [1.165, 1.54) is 13.0 Å². The van der Waals surface area contributed by atoms with Crippen LogP contribution in [0.5, 0.6) is 0 Å². The molecule has 1 aliphatic rings. The SMILES string of the molecule is CNCC(C)N1CCCOCC1. The molecule has 1 N–H and O–H groups in total. The van der Waals surface area contributed by atoms with Gasteiger partial charge in [0.15, 0.2) is 0 Å². The minimum Gasteiger partial charge on any atom is -0.380 e. The number of hydrogen-bond acceptors (Lipinski definition) is 3. The van der Waals surface area contributed by atoms with E-state index in [1.807, 2.05) is 7.05 Å². The third-order valence-corrected chi connectivity index (χ3v) is 2.38. The molecule has 0 saturated carbocycles. The summed E-state index contributed by atoms with van der Waals surface area (Å²) in [5.41, 5.74) is 0. The average Bonchev–Trinajstić information content (AvgIpc) is 2.32. The van der Waals surface area contributed by atoms with Gasteiger partial charge >= 0.3 is 0 Å². The van der Waals surface area contributed by atoms with E-state index in [9.17, 15) is 0 Å². The first kappa shape index (κ1) is 9.96. The van der Waals surface area contributed by atoms with Gasteiger partial charge in [0.25, 0.3) is 0 Å². The van der Waals surface area contributed by atoms with Gasteiger partial charge in [-0.3, -0.25) is 4.90 Å². The highest BCUT2D eigenvalue weighted by Gasteiger charge is 2.14. The third-order valence-electron chi connectivity index (χ3n) is 2.38. The Bertz CT molecular complexity index is 111. The lowest BCUT2D eigenvalue weighted by molar-refractivity contribution is 0.133. The van der Waals surface area contributed by atoms with Gasteiger partial charge in [0.1, 0.15) is 0 Å². The van der Waals surface area contributed by atoms with Crippen molar-refractivity contribution in [1.29, 1.82) is 0 Å². The van der Waals surface area contributed by atoms with Gasteiger partial charge in [-0.2, -0.15) is 0 Å². The van der Waals surface area contributed by atoms with E-state index in [0.29, 0.717) is 6.04 Å². The van der Waals surface area contributed by atoms with Crippen LogP contribution in [0.15, 0.2) is 0 Å². The van der Waals surface area contributed by atoms with Crippen molar-refractivity contribution in [3.05, 3.63) is 0 Å². The lowest BCUT2D eigenvalue weighted by atomic mass is 10.2. The van der Waals surface area contributed by atoms with Crippen molar-refractivity contribution in [2.45, 2.75) is 19.4 Å². The van der Waals surface area contributed by atoms with Crippen LogP contribution in [0.1, 0.15) is 13.3 Å². The van der Waals surface area contributed by atoms with Gasteiger partial charge in [-0.15, -0.1) is 0 Å². The van der Waals surface area contributed by atoms with Crippen LogP contribution >= 0.6 is 0 Å². The zero-order valence-corrected chi connectivity index (χ0v) is 8.18. The number of ether oxygens (including phenoxy) is 1. The Morgan fingerprint density at radius 1 is 1.42 bits per heavy atom. The molecule has 12 heavy (non-hydrogen) atoms. The van der Waals surface area contributed by atoms with Crippen LogP contribution in [0, 0.1) is 0 Å². The van der Waals surface area contributed by atoms with Crippen molar-refractivity contribution in [2.75, 3.05) is 39.9 Å². The quantitative estimate of drug-likeness (QED) is 0.663. The Morgan fingerprint density at radius 3 is 3.00 bits per heavy atom. The van der Waals surface area contributed by atoms with Gasteiger partial charge in [0.2, 0.25) is 0 Å². The Kier molecular flexibility index (Phi) is 4.58. The lowest BCUT2D eigenvalue weighted by Crippen LogP contribution is -2.40. The molecule has 3 heteroatoms. The number of likely N-dealkylation sites (N-methyl/N-ethyl adjacent to an activating group) is 1. The zero-order chi connectivity index (χ0) is 8.81. The predicted molar refractivity (Wildman–Crippen MR) is 50.4 cm³/mol. The van der Waals surface area contributed by atoms with Crippen molar-refractivity contribution >= 4 is 0 Å². The van der Waals surface area contributed by atoms with Crippen LogP contribution in [-0.2, 0) is 4.74 Å². The summed E-state index contributed by atoms with van der Waals surface area (Å²) < 4.78 is 5.39. The molecule has 1 aliphatic heterocycles. The smallest absolute Gasteiger partial charge is 0.0593 e.